The Bertz CT molecular complexity index is 100. The first-order valence-corrected chi connectivity index (χ1v) is 5.04. The molecular weight excluding hydrogens is 160 g/mol. The summed E-state index contributed by atoms with van der Waals surface area (Å²) in [5.74, 6) is 0. The average molecular weight is 184 g/mol. The molecule has 1 heteroatoms. The summed E-state index contributed by atoms with van der Waals surface area (Å²) in [5.41, 5.74) is 0. The second kappa shape index (κ2) is 30.4. The van der Waals surface area contributed by atoms with Crippen LogP contribution in [0.3, 0.4) is 0 Å². The lowest BCUT2D eigenvalue weighted by atomic mass is 10.3. The largest absolute Gasteiger partial charge is 0.304 e. The first-order valence-electron chi connectivity index (χ1n) is 5.04. The molecule has 0 aromatic carbocycles. The molecular formula is C12H24O. The van der Waals surface area contributed by atoms with Gasteiger partial charge in [0.15, 0.2) is 0 Å². The molecule has 0 fully saturated rings. The van der Waals surface area contributed by atoms with Crippen LogP contribution in [-0.4, -0.2) is 6.29 Å². The highest BCUT2D eigenvalue weighted by Crippen LogP contribution is 1.83. The molecule has 0 unspecified atom stereocenters. The Kier molecular flexibility index (Phi) is 42.1. The molecule has 0 N–H and O–H groups in total. The Balaban J connectivity index is -0.000000169. The fraction of sp³-hybridized carbons (Fsp3) is 0.583. The van der Waals surface area contributed by atoms with E-state index in [-0.39, 0.29) is 0 Å². The van der Waals surface area contributed by atoms with Gasteiger partial charge in [-0.05, 0) is 19.8 Å². The monoisotopic (exact) mass is 184 g/mol. The topological polar surface area (TPSA) is 17.1 Å². The van der Waals surface area contributed by atoms with Crippen LogP contribution in [0.15, 0.2) is 24.3 Å². The van der Waals surface area contributed by atoms with Gasteiger partial charge in [-0.2, -0.15) is 0 Å². The van der Waals surface area contributed by atoms with E-state index in [1.54, 1.807) is 0 Å². The first kappa shape index (κ1) is 18.0. The molecule has 0 rings (SSSR count). The fourth-order valence-electron chi connectivity index (χ4n) is 0.429. The number of carbonyl (C=O) groups excluding carboxylic acids is 1. The van der Waals surface area contributed by atoms with Crippen LogP contribution in [0.25, 0.3) is 0 Å². The predicted molar refractivity (Wildman–Crippen MR) is 61.9 cm³/mol. The molecule has 0 aromatic rings. The van der Waals surface area contributed by atoms with Crippen LogP contribution in [0, 0.1) is 0 Å². The molecule has 0 amide bonds. The van der Waals surface area contributed by atoms with Crippen molar-refractivity contribution in [2.75, 3.05) is 0 Å². The number of carbonyl (C=O) groups is 1. The Morgan fingerprint density at radius 1 is 0.923 bits per heavy atom. The Labute approximate surface area is 83.5 Å². The maximum absolute atomic E-state index is 8.81. The number of hydrogen-bond donors (Lipinski definition) is 0. The highest BCUT2D eigenvalue weighted by atomic mass is 16.1. The molecule has 0 saturated carbocycles. The van der Waals surface area contributed by atoms with E-state index < -0.39 is 0 Å². The molecule has 0 saturated heterocycles. The summed E-state index contributed by atoms with van der Waals surface area (Å²) >= 11 is 0. The molecule has 0 atom stereocenters. The van der Waals surface area contributed by atoms with E-state index in [4.69, 9.17) is 4.79 Å². The van der Waals surface area contributed by atoms with Crippen LogP contribution < -0.4 is 0 Å². The molecule has 1 nitrogen and oxygen atoms in total. The van der Waals surface area contributed by atoms with Crippen LogP contribution in [-0.2, 0) is 4.79 Å². The van der Waals surface area contributed by atoms with Crippen LogP contribution in [0.1, 0.15) is 47.5 Å². The van der Waals surface area contributed by atoms with Crippen LogP contribution in [0.5, 0.6) is 0 Å². The summed E-state index contributed by atoms with van der Waals surface area (Å²) in [6, 6.07) is 0. The summed E-state index contributed by atoms with van der Waals surface area (Å²) in [5, 5.41) is 0. The van der Waals surface area contributed by atoms with E-state index in [1.807, 2.05) is 13.8 Å². The standard InChI is InChI=1S/C8H14.C2H4O.C2H6/c1-3-5-7-8-6-4-2;1-2-3;1-2/h5-8H,3-4H2,1-2H3;2H,1H3;1-2H3/b7-5-,8-6-;;. The lowest BCUT2D eigenvalue weighted by molar-refractivity contribution is -0.106. The summed E-state index contributed by atoms with van der Waals surface area (Å²) in [7, 11) is 0. The molecule has 0 aliphatic rings. The summed E-state index contributed by atoms with van der Waals surface area (Å²) in [4.78, 5) is 8.81. The van der Waals surface area contributed by atoms with Crippen molar-refractivity contribution >= 4 is 6.29 Å². The second-order valence-corrected chi connectivity index (χ2v) is 1.91. The predicted octanol–water partition coefficient (Wildman–Crippen LogP) is 4.15. The molecule has 13 heavy (non-hydrogen) atoms. The second-order valence-electron chi connectivity index (χ2n) is 1.91. The Morgan fingerprint density at radius 3 is 1.31 bits per heavy atom. The third kappa shape index (κ3) is 54.2. The molecule has 0 heterocycles. The van der Waals surface area contributed by atoms with Crippen molar-refractivity contribution in [1.82, 2.24) is 0 Å². The van der Waals surface area contributed by atoms with Gasteiger partial charge in [-0.15, -0.1) is 0 Å². The van der Waals surface area contributed by atoms with Gasteiger partial charge in [0.05, 0.1) is 0 Å². The quantitative estimate of drug-likeness (QED) is 0.475. The van der Waals surface area contributed by atoms with Gasteiger partial charge in [-0.1, -0.05) is 52.0 Å². The summed E-state index contributed by atoms with van der Waals surface area (Å²) in [6.07, 6.45) is 11.5. The van der Waals surface area contributed by atoms with Gasteiger partial charge in [0, 0.05) is 0 Å². The van der Waals surface area contributed by atoms with E-state index >= 15 is 0 Å². The van der Waals surface area contributed by atoms with Crippen molar-refractivity contribution in [2.24, 2.45) is 0 Å². The van der Waals surface area contributed by atoms with E-state index in [0.29, 0.717) is 0 Å². The van der Waals surface area contributed by atoms with Crippen molar-refractivity contribution < 1.29 is 4.79 Å². The van der Waals surface area contributed by atoms with Crippen molar-refractivity contribution in [2.45, 2.75) is 47.5 Å². The third-order valence-electron chi connectivity index (χ3n) is 0.855. The molecule has 0 bridgehead atoms. The Morgan fingerprint density at radius 2 is 1.15 bits per heavy atom. The Hall–Kier alpha value is -0.850. The smallest absolute Gasteiger partial charge is 0.116 e. The number of rotatable bonds is 3. The van der Waals surface area contributed by atoms with Crippen molar-refractivity contribution in [3.63, 3.8) is 0 Å². The van der Waals surface area contributed by atoms with E-state index in [9.17, 15) is 0 Å². The highest BCUT2D eigenvalue weighted by Gasteiger charge is 1.61. The van der Waals surface area contributed by atoms with Gasteiger partial charge in [-0.25, -0.2) is 0 Å². The van der Waals surface area contributed by atoms with E-state index in [1.165, 1.54) is 6.92 Å². The van der Waals surface area contributed by atoms with Gasteiger partial charge in [0.25, 0.3) is 0 Å². The zero-order valence-electron chi connectivity index (χ0n) is 9.71. The van der Waals surface area contributed by atoms with Crippen LogP contribution in [0.2, 0.25) is 0 Å². The van der Waals surface area contributed by atoms with Gasteiger partial charge < -0.3 is 4.79 Å². The summed E-state index contributed by atoms with van der Waals surface area (Å²) in [6.45, 7) is 9.71. The zero-order valence-corrected chi connectivity index (χ0v) is 9.71. The molecule has 0 aliphatic carbocycles. The molecule has 78 valence electrons. The molecule has 0 spiro atoms. The van der Waals surface area contributed by atoms with E-state index in [2.05, 4.69) is 38.2 Å². The van der Waals surface area contributed by atoms with Gasteiger partial charge in [-0.3, -0.25) is 0 Å². The average Bonchev–Trinajstić information content (AvgIpc) is 2.17. The minimum Gasteiger partial charge on any atom is -0.304 e. The maximum Gasteiger partial charge on any atom is 0.116 e. The zero-order chi connectivity index (χ0) is 10.9. The normalized spacial score (nSPS) is 8.69. The minimum absolute atomic E-state index is 0.750. The molecule has 0 radical (unpaired) electrons. The summed E-state index contributed by atoms with van der Waals surface area (Å²) < 4.78 is 0. The first-order chi connectivity index (χ1) is 6.33. The van der Waals surface area contributed by atoms with Crippen molar-refractivity contribution in [1.29, 1.82) is 0 Å². The maximum atomic E-state index is 8.81. The number of allylic oxidation sites excluding steroid dienone is 4. The fourth-order valence-corrected chi connectivity index (χ4v) is 0.429. The van der Waals surface area contributed by atoms with E-state index in [0.717, 1.165) is 19.1 Å². The SMILES string of the molecule is CC.CC/C=C\C=C/CC.CC=O. The molecule has 0 aliphatic heterocycles. The van der Waals surface area contributed by atoms with Crippen molar-refractivity contribution in [3.8, 4) is 0 Å². The van der Waals surface area contributed by atoms with Crippen LogP contribution in [0.4, 0.5) is 0 Å². The van der Waals surface area contributed by atoms with Crippen molar-refractivity contribution in [3.05, 3.63) is 24.3 Å². The minimum atomic E-state index is 0.750. The van der Waals surface area contributed by atoms with Gasteiger partial charge >= 0.3 is 0 Å². The highest BCUT2D eigenvalue weighted by molar-refractivity contribution is 5.44. The lowest BCUT2D eigenvalue weighted by Gasteiger charge is -1.74. The van der Waals surface area contributed by atoms with Gasteiger partial charge in [0.1, 0.15) is 6.29 Å². The number of hydrogen-bond acceptors (Lipinski definition) is 1. The molecule has 0 aromatic heterocycles. The van der Waals surface area contributed by atoms with Crippen LogP contribution >= 0.6 is 0 Å². The third-order valence-corrected chi connectivity index (χ3v) is 0.855. The lowest BCUT2D eigenvalue weighted by Crippen LogP contribution is -1.52. The van der Waals surface area contributed by atoms with Gasteiger partial charge in [0.2, 0.25) is 0 Å². The number of aldehydes is 1.